The number of nitrogens with one attached hydrogen (secondary N) is 3. The van der Waals surface area contributed by atoms with Gasteiger partial charge >= 0.3 is 0 Å². The molecule has 2 heterocycles. The lowest BCUT2D eigenvalue weighted by atomic mass is 10.2. The first-order chi connectivity index (χ1) is 14.3. The van der Waals surface area contributed by atoms with Crippen molar-refractivity contribution in [2.45, 2.75) is 33.6 Å². The van der Waals surface area contributed by atoms with E-state index in [2.05, 4.69) is 20.9 Å². The van der Waals surface area contributed by atoms with Crippen molar-refractivity contribution >= 4 is 34.7 Å². The number of amides is 3. The molecular weight excluding hydrogens is 382 g/mol. The van der Waals surface area contributed by atoms with E-state index in [1.165, 1.54) is 6.92 Å². The zero-order chi connectivity index (χ0) is 21.7. The summed E-state index contributed by atoms with van der Waals surface area (Å²) in [5, 5.41) is 8.33. The molecule has 30 heavy (non-hydrogen) atoms. The molecule has 1 aromatic carbocycles. The van der Waals surface area contributed by atoms with E-state index in [1.807, 2.05) is 32.2 Å². The van der Waals surface area contributed by atoms with Crippen LogP contribution < -0.4 is 16.0 Å². The lowest BCUT2D eigenvalue weighted by Gasteiger charge is -2.09. The second kappa shape index (κ2) is 9.21. The number of carbonyl (C=O) groups is 3. The highest BCUT2D eigenvalue weighted by Gasteiger charge is 2.17. The van der Waals surface area contributed by atoms with Crippen molar-refractivity contribution in [1.82, 2.24) is 14.7 Å². The number of aromatic nitrogens is 2. The van der Waals surface area contributed by atoms with Gasteiger partial charge in [-0.2, -0.15) is 0 Å². The van der Waals surface area contributed by atoms with Crippen molar-refractivity contribution in [1.29, 1.82) is 0 Å². The Balaban J connectivity index is 1.50. The van der Waals surface area contributed by atoms with E-state index < -0.39 is 0 Å². The Kier molecular flexibility index (Phi) is 6.46. The maximum Gasteiger partial charge on any atom is 0.270 e. The minimum absolute atomic E-state index is 0.161. The first kappa shape index (κ1) is 21.0. The van der Waals surface area contributed by atoms with Crippen LogP contribution in [0.5, 0.6) is 0 Å². The number of aryl methyl sites for hydroxylation is 2. The Morgan fingerprint density at radius 1 is 1.03 bits per heavy atom. The number of fused-ring (bicyclic) bond motifs is 1. The number of pyridine rings is 1. The summed E-state index contributed by atoms with van der Waals surface area (Å²) in [5.41, 5.74) is 4.16. The van der Waals surface area contributed by atoms with Gasteiger partial charge in [-0.05, 0) is 50.1 Å². The van der Waals surface area contributed by atoms with Crippen LogP contribution in [0.25, 0.3) is 5.65 Å². The molecule has 3 amide bonds. The number of anilines is 2. The van der Waals surface area contributed by atoms with Gasteiger partial charge in [0.1, 0.15) is 11.3 Å². The van der Waals surface area contributed by atoms with E-state index in [0.717, 1.165) is 11.2 Å². The van der Waals surface area contributed by atoms with Crippen molar-refractivity contribution in [3.63, 3.8) is 0 Å². The summed E-state index contributed by atoms with van der Waals surface area (Å²) in [6, 6.07) is 10.8. The van der Waals surface area contributed by atoms with Crippen molar-refractivity contribution in [3.05, 3.63) is 59.5 Å². The topological polar surface area (TPSA) is 105 Å². The number of imidazole rings is 1. The minimum Gasteiger partial charge on any atom is -0.351 e. The molecule has 8 heteroatoms. The molecule has 0 spiro atoms. The summed E-state index contributed by atoms with van der Waals surface area (Å²) in [6.07, 6.45) is 2.58. The number of rotatable bonds is 7. The standard InChI is InChI=1S/C22H25N5O3/c1-14-7-6-12-27-20(15(2)24-21(14)27)22(30)23-11-5-10-19(29)26-18-9-4-8-17(13-18)25-16(3)28/h4,6-9,12-13H,5,10-11H2,1-3H3,(H,23,30)(H,25,28)(H,26,29). The van der Waals surface area contributed by atoms with Crippen molar-refractivity contribution < 1.29 is 14.4 Å². The van der Waals surface area contributed by atoms with Crippen LogP contribution in [0.3, 0.4) is 0 Å². The third kappa shape index (κ3) is 5.02. The Hall–Kier alpha value is -3.68. The number of benzene rings is 1. The molecule has 0 aliphatic carbocycles. The second-order valence-electron chi connectivity index (χ2n) is 7.10. The first-order valence-electron chi connectivity index (χ1n) is 9.75. The van der Waals surface area contributed by atoms with Gasteiger partial charge in [0.15, 0.2) is 0 Å². The fourth-order valence-corrected chi connectivity index (χ4v) is 3.23. The van der Waals surface area contributed by atoms with E-state index in [-0.39, 0.29) is 24.1 Å². The first-order valence-corrected chi connectivity index (χ1v) is 9.75. The molecule has 0 saturated heterocycles. The van der Waals surface area contributed by atoms with Crippen LogP contribution in [0.15, 0.2) is 42.6 Å². The molecule has 0 aliphatic rings. The van der Waals surface area contributed by atoms with Crippen LogP contribution >= 0.6 is 0 Å². The third-order valence-corrected chi connectivity index (χ3v) is 4.57. The highest BCUT2D eigenvalue weighted by Crippen LogP contribution is 2.16. The molecule has 3 N–H and O–H groups in total. The van der Waals surface area contributed by atoms with Gasteiger partial charge in [0.05, 0.1) is 5.69 Å². The van der Waals surface area contributed by atoms with Crippen LogP contribution in [0.2, 0.25) is 0 Å². The molecule has 3 aromatic rings. The van der Waals surface area contributed by atoms with Gasteiger partial charge in [-0.1, -0.05) is 12.1 Å². The molecule has 0 saturated carbocycles. The van der Waals surface area contributed by atoms with Crippen molar-refractivity contribution in [2.75, 3.05) is 17.2 Å². The van der Waals surface area contributed by atoms with Crippen molar-refractivity contribution in [2.24, 2.45) is 0 Å². The molecule has 0 bridgehead atoms. The molecule has 0 atom stereocenters. The summed E-state index contributed by atoms with van der Waals surface area (Å²) in [6.45, 7) is 5.56. The van der Waals surface area contributed by atoms with Gasteiger partial charge in [-0.3, -0.25) is 18.8 Å². The summed E-state index contributed by atoms with van der Waals surface area (Å²) in [7, 11) is 0. The molecule has 0 fully saturated rings. The summed E-state index contributed by atoms with van der Waals surface area (Å²) in [5.74, 6) is -0.551. The van der Waals surface area contributed by atoms with Gasteiger partial charge in [0.25, 0.3) is 5.91 Å². The Labute approximate surface area is 174 Å². The predicted octanol–water partition coefficient (Wildman–Crippen LogP) is 3.06. The monoisotopic (exact) mass is 407 g/mol. The quantitative estimate of drug-likeness (QED) is 0.524. The van der Waals surface area contributed by atoms with Crippen LogP contribution in [-0.4, -0.2) is 33.7 Å². The molecule has 0 aliphatic heterocycles. The zero-order valence-electron chi connectivity index (χ0n) is 17.3. The maximum atomic E-state index is 12.6. The molecule has 3 rings (SSSR count). The van der Waals surface area contributed by atoms with Crippen molar-refractivity contribution in [3.8, 4) is 0 Å². The number of hydrogen-bond donors (Lipinski definition) is 3. The van der Waals surface area contributed by atoms with E-state index in [1.54, 1.807) is 28.7 Å². The van der Waals surface area contributed by atoms with E-state index in [9.17, 15) is 14.4 Å². The van der Waals surface area contributed by atoms with E-state index in [0.29, 0.717) is 35.7 Å². The smallest absolute Gasteiger partial charge is 0.270 e. The van der Waals surface area contributed by atoms with Gasteiger partial charge in [0, 0.05) is 37.5 Å². The van der Waals surface area contributed by atoms with Crippen LogP contribution in [0.1, 0.15) is 41.5 Å². The molecule has 156 valence electrons. The lowest BCUT2D eigenvalue weighted by Crippen LogP contribution is -2.27. The number of carbonyl (C=O) groups excluding carboxylic acids is 3. The second-order valence-corrected chi connectivity index (χ2v) is 7.10. The van der Waals surface area contributed by atoms with Crippen LogP contribution in [0, 0.1) is 13.8 Å². The lowest BCUT2D eigenvalue weighted by molar-refractivity contribution is -0.116. The summed E-state index contributed by atoms with van der Waals surface area (Å²) in [4.78, 5) is 40.4. The minimum atomic E-state index is -0.214. The van der Waals surface area contributed by atoms with Gasteiger partial charge < -0.3 is 16.0 Å². The maximum absolute atomic E-state index is 12.6. The Bertz CT molecular complexity index is 1100. The highest BCUT2D eigenvalue weighted by molar-refractivity contribution is 5.95. The number of hydrogen-bond acceptors (Lipinski definition) is 4. The Morgan fingerprint density at radius 3 is 2.50 bits per heavy atom. The molecule has 2 aromatic heterocycles. The van der Waals surface area contributed by atoms with E-state index in [4.69, 9.17) is 0 Å². The normalized spacial score (nSPS) is 10.6. The number of nitrogens with zero attached hydrogens (tertiary/aromatic N) is 2. The third-order valence-electron chi connectivity index (χ3n) is 4.57. The van der Waals surface area contributed by atoms with Gasteiger partial charge in [-0.15, -0.1) is 0 Å². The fraction of sp³-hybridized carbons (Fsp3) is 0.273. The average Bonchev–Trinajstić information content (AvgIpc) is 3.02. The summed E-state index contributed by atoms with van der Waals surface area (Å²) >= 11 is 0. The van der Waals surface area contributed by atoms with E-state index >= 15 is 0 Å². The highest BCUT2D eigenvalue weighted by atomic mass is 16.2. The molecular formula is C22H25N5O3. The zero-order valence-corrected chi connectivity index (χ0v) is 17.3. The largest absolute Gasteiger partial charge is 0.351 e. The van der Waals surface area contributed by atoms with Crippen LogP contribution in [-0.2, 0) is 9.59 Å². The SMILES string of the molecule is CC(=O)Nc1cccc(NC(=O)CCCNC(=O)c2c(C)nc3c(C)cccn23)c1. The Morgan fingerprint density at radius 2 is 1.77 bits per heavy atom. The molecule has 0 unspecified atom stereocenters. The summed E-state index contributed by atoms with van der Waals surface area (Å²) < 4.78 is 1.79. The van der Waals surface area contributed by atoms with Gasteiger partial charge in [-0.25, -0.2) is 4.98 Å². The van der Waals surface area contributed by atoms with Gasteiger partial charge in [0.2, 0.25) is 11.8 Å². The fourth-order valence-electron chi connectivity index (χ4n) is 3.23. The molecule has 8 nitrogen and oxygen atoms in total. The average molecular weight is 407 g/mol. The molecule has 0 radical (unpaired) electrons. The predicted molar refractivity (Wildman–Crippen MR) is 116 cm³/mol. The van der Waals surface area contributed by atoms with Crippen LogP contribution in [0.4, 0.5) is 11.4 Å².